The molecule has 11 heteroatoms. The molecule has 0 radical (unpaired) electrons. The summed E-state index contributed by atoms with van der Waals surface area (Å²) in [5.74, 6) is 0. The van der Waals surface area contributed by atoms with Gasteiger partial charge in [-0.1, -0.05) is 35.4 Å². The summed E-state index contributed by atoms with van der Waals surface area (Å²) < 4.78 is 60.4. The molecule has 2 saturated heterocycles. The van der Waals surface area contributed by atoms with Gasteiger partial charge in [0.2, 0.25) is 20.0 Å². The van der Waals surface area contributed by atoms with Gasteiger partial charge in [-0.25, -0.2) is 16.8 Å². The van der Waals surface area contributed by atoms with Crippen LogP contribution in [0, 0.1) is 13.8 Å². The molecule has 2 aromatic carbocycles. The van der Waals surface area contributed by atoms with E-state index in [4.69, 9.17) is 4.74 Å². The zero-order valence-electron chi connectivity index (χ0n) is 21.8. The van der Waals surface area contributed by atoms with Crippen LogP contribution in [0.1, 0.15) is 11.1 Å². The first-order valence-corrected chi connectivity index (χ1v) is 15.7. The molecule has 0 aliphatic carbocycles. The van der Waals surface area contributed by atoms with Gasteiger partial charge in [-0.2, -0.15) is 8.61 Å². The fourth-order valence-electron chi connectivity index (χ4n) is 4.59. The SMILES string of the molecule is Cc1ccc(S(=O)(=O)N2CCN(CCOCCN3CCN(S(=O)(=O)c4ccc(C)cc4)CC3)CC2)cc1. The molecule has 2 heterocycles. The Labute approximate surface area is 221 Å². The van der Waals surface area contributed by atoms with Crippen molar-refractivity contribution in [3.05, 3.63) is 59.7 Å². The summed E-state index contributed by atoms with van der Waals surface area (Å²) in [6.07, 6.45) is 0. The minimum absolute atomic E-state index is 0.350. The fourth-order valence-corrected chi connectivity index (χ4v) is 7.44. The van der Waals surface area contributed by atoms with Gasteiger partial charge in [0.25, 0.3) is 0 Å². The Morgan fingerprint density at radius 2 is 0.892 bits per heavy atom. The number of ether oxygens (including phenoxy) is 1. The van der Waals surface area contributed by atoms with Crippen LogP contribution in [-0.4, -0.2) is 114 Å². The highest BCUT2D eigenvalue weighted by atomic mass is 32.2. The monoisotopic (exact) mass is 550 g/mol. The van der Waals surface area contributed by atoms with Crippen LogP contribution >= 0.6 is 0 Å². The van der Waals surface area contributed by atoms with E-state index in [1.165, 1.54) is 0 Å². The van der Waals surface area contributed by atoms with E-state index >= 15 is 0 Å². The van der Waals surface area contributed by atoms with E-state index in [2.05, 4.69) is 9.80 Å². The second-order valence-corrected chi connectivity index (χ2v) is 13.6. The average Bonchev–Trinajstić information content (AvgIpc) is 2.89. The number of piperazine rings is 2. The minimum atomic E-state index is -3.45. The van der Waals surface area contributed by atoms with Gasteiger partial charge in [0.1, 0.15) is 0 Å². The lowest BCUT2D eigenvalue weighted by molar-refractivity contribution is 0.0672. The maximum atomic E-state index is 12.9. The second-order valence-electron chi connectivity index (χ2n) is 9.73. The van der Waals surface area contributed by atoms with Gasteiger partial charge in [0, 0.05) is 65.4 Å². The number of aryl methyl sites for hydroxylation is 2. The van der Waals surface area contributed by atoms with Crippen LogP contribution in [0.3, 0.4) is 0 Å². The molecule has 204 valence electrons. The van der Waals surface area contributed by atoms with Crippen LogP contribution in [0.4, 0.5) is 0 Å². The van der Waals surface area contributed by atoms with Crippen molar-refractivity contribution in [2.24, 2.45) is 0 Å². The Kier molecular flexibility index (Phi) is 9.38. The molecule has 0 unspecified atom stereocenters. The summed E-state index contributed by atoms with van der Waals surface area (Å²) in [5, 5.41) is 0. The van der Waals surface area contributed by atoms with Crippen molar-refractivity contribution in [1.82, 2.24) is 18.4 Å². The summed E-state index contributed by atoms with van der Waals surface area (Å²) in [6, 6.07) is 14.0. The zero-order valence-corrected chi connectivity index (χ0v) is 23.4. The Bertz CT molecular complexity index is 1120. The second kappa shape index (κ2) is 12.3. The molecule has 4 rings (SSSR count). The third kappa shape index (κ3) is 7.17. The van der Waals surface area contributed by atoms with E-state index in [0.717, 1.165) is 24.2 Å². The van der Waals surface area contributed by atoms with E-state index in [-0.39, 0.29) is 0 Å². The van der Waals surface area contributed by atoms with Crippen molar-refractivity contribution in [3.63, 3.8) is 0 Å². The van der Waals surface area contributed by atoms with Crippen molar-refractivity contribution in [2.45, 2.75) is 23.6 Å². The molecule has 0 saturated carbocycles. The van der Waals surface area contributed by atoms with E-state index in [0.29, 0.717) is 75.4 Å². The van der Waals surface area contributed by atoms with Gasteiger partial charge >= 0.3 is 0 Å². The van der Waals surface area contributed by atoms with Gasteiger partial charge in [0.05, 0.1) is 23.0 Å². The molecular weight excluding hydrogens is 512 g/mol. The fraction of sp³-hybridized carbons (Fsp3) is 0.538. The Balaban J connectivity index is 1.11. The molecule has 2 fully saturated rings. The number of hydrogen-bond acceptors (Lipinski definition) is 7. The number of hydrogen-bond donors (Lipinski definition) is 0. The highest BCUT2D eigenvalue weighted by Gasteiger charge is 2.29. The predicted molar refractivity (Wildman–Crippen MR) is 144 cm³/mol. The lowest BCUT2D eigenvalue weighted by Gasteiger charge is -2.34. The molecule has 2 aliphatic heterocycles. The van der Waals surface area contributed by atoms with Gasteiger partial charge < -0.3 is 4.74 Å². The third-order valence-electron chi connectivity index (χ3n) is 7.08. The smallest absolute Gasteiger partial charge is 0.243 e. The van der Waals surface area contributed by atoms with Gasteiger partial charge in [-0.3, -0.25) is 9.80 Å². The minimum Gasteiger partial charge on any atom is -0.379 e. The van der Waals surface area contributed by atoms with Crippen LogP contribution in [0.15, 0.2) is 58.3 Å². The molecule has 9 nitrogen and oxygen atoms in total. The number of sulfonamides is 2. The zero-order chi connectivity index (χ0) is 26.5. The topological polar surface area (TPSA) is 90.5 Å². The maximum Gasteiger partial charge on any atom is 0.243 e. The molecule has 0 aromatic heterocycles. The van der Waals surface area contributed by atoms with Crippen LogP contribution in [0.5, 0.6) is 0 Å². The highest BCUT2D eigenvalue weighted by molar-refractivity contribution is 7.89. The Hall–Kier alpha value is -1.86. The summed E-state index contributed by atoms with van der Waals surface area (Å²) in [4.78, 5) is 5.16. The third-order valence-corrected chi connectivity index (χ3v) is 10.9. The molecule has 2 aliphatic rings. The molecule has 0 N–H and O–H groups in total. The molecular formula is C26H38N4O5S2. The van der Waals surface area contributed by atoms with Crippen molar-refractivity contribution in [1.29, 1.82) is 0 Å². The molecule has 37 heavy (non-hydrogen) atoms. The van der Waals surface area contributed by atoms with Gasteiger partial charge in [-0.05, 0) is 38.1 Å². The van der Waals surface area contributed by atoms with Crippen molar-refractivity contribution in [2.75, 3.05) is 78.7 Å². The molecule has 0 amide bonds. The first kappa shape index (κ1) is 28.2. The number of benzene rings is 2. The summed E-state index contributed by atoms with van der Waals surface area (Å²) in [5.41, 5.74) is 2.08. The Morgan fingerprint density at radius 1 is 0.568 bits per heavy atom. The standard InChI is InChI=1S/C26H38N4O5S2/c1-23-3-7-25(8-4-23)36(31,32)29-15-11-27(12-16-29)19-21-35-22-20-28-13-17-30(18-14-28)37(33,34)26-9-5-24(2)6-10-26/h3-10H,11-22H2,1-2H3. The largest absolute Gasteiger partial charge is 0.379 e. The molecule has 2 aromatic rings. The quantitative estimate of drug-likeness (QED) is 0.416. The van der Waals surface area contributed by atoms with Crippen molar-refractivity contribution >= 4 is 20.0 Å². The van der Waals surface area contributed by atoms with Gasteiger partial charge in [-0.15, -0.1) is 0 Å². The normalized spacial score (nSPS) is 19.3. The van der Waals surface area contributed by atoms with E-state index in [9.17, 15) is 16.8 Å². The van der Waals surface area contributed by atoms with Crippen LogP contribution in [0.25, 0.3) is 0 Å². The summed E-state index contributed by atoms with van der Waals surface area (Å²) in [6.45, 7) is 11.3. The number of rotatable bonds is 10. The first-order chi connectivity index (χ1) is 17.7. The van der Waals surface area contributed by atoms with Crippen LogP contribution in [-0.2, 0) is 24.8 Å². The highest BCUT2D eigenvalue weighted by Crippen LogP contribution is 2.19. The van der Waals surface area contributed by atoms with E-state index in [1.807, 2.05) is 38.1 Å². The Morgan fingerprint density at radius 3 is 1.22 bits per heavy atom. The lowest BCUT2D eigenvalue weighted by atomic mass is 10.2. The predicted octanol–water partition coefficient (Wildman–Crippen LogP) is 1.63. The van der Waals surface area contributed by atoms with Gasteiger partial charge in [0.15, 0.2) is 0 Å². The van der Waals surface area contributed by atoms with Crippen LogP contribution < -0.4 is 0 Å². The summed E-state index contributed by atoms with van der Waals surface area (Å²) >= 11 is 0. The molecule has 0 bridgehead atoms. The maximum absolute atomic E-state index is 12.9. The van der Waals surface area contributed by atoms with E-state index in [1.54, 1.807) is 32.9 Å². The van der Waals surface area contributed by atoms with Crippen molar-refractivity contribution in [3.8, 4) is 0 Å². The molecule has 0 spiro atoms. The summed E-state index contributed by atoms with van der Waals surface area (Å²) in [7, 11) is -6.89. The first-order valence-electron chi connectivity index (χ1n) is 12.8. The molecule has 0 atom stereocenters. The number of nitrogens with zero attached hydrogens (tertiary/aromatic N) is 4. The lowest BCUT2D eigenvalue weighted by Crippen LogP contribution is -2.50. The van der Waals surface area contributed by atoms with E-state index < -0.39 is 20.0 Å². The van der Waals surface area contributed by atoms with Crippen LogP contribution in [0.2, 0.25) is 0 Å². The average molecular weight is 551 g/mol. The van der Waals surface area contributed by atoms with Crippen molar-refractivity contribution < 1.29 is 21.6 Å².